The van der Waals surface area contributed by atoms with Crippen molar-refractivity contribution in [2.24, 2.45) is 0 Å². The number of aromatic nitrogens is 3. The number of carbonyl (C=O) groups excluding carboxylic acids is 2. The van der Waals surface area contributed by atoms with Gasteiger partial charge in [-0.15, -0.1) is 5.10 Å². The topological polar surface area (TPSA) is 71.3 Å². The molecule has 0 unspecified atom stereocenters. The quantitative estimate of drug-likeness (QED) is 0.819. The van der Waals surface area contributed by atoms with Crippen LogP contribution in [-0.2, 0) is 24.3 Å². The molecule has 2 aliphatic rings. The maximum absolute atomic E-state index is 13.1. The van der Waals surface area contributed by atoms with Gasteiger partial charge in [0.25, 0.3) is 5.91 Å². The lowest BCUT2D eigenvalue weighted by molar-refractivity contribution is -0.130. The molecule has 0 saturated carbocycles. The van der Waals surface area contributed by atoms with Crippen molar-refractivity contribution in [1.82, 2.24) is 24.8 Å². The molecule has 4 rings (SSSR count). The van der Waals surface area contributed by atoms with Crippen LogP contribution in [0.3, 0.4) is 0 Å². The Morgan fingerprint density at radius 1 is 1.00 bits per heavy atom. The van der Waals surface area contributed by atoms with E-state index in [2.05, 4.69) is 10.3 Å². The van der Waals surface area contributed by atoms with Crippen LogP contribution in [0.4, 0.5) is 4.39 Å². The maximum atomic E-state index is 13.1. The van der Waals surface area contributed by atoms with E-state index in [0.29, 0.717) is 38.0 Å². The zero-order valence-corrected chi connectivity index (χ0v) is 15.1. The van der Waals surface area contributed by atoms with Gasteiger partial charge in [0.2, 0.25) is 5.91 Å². The number of amides is 2. The number of carbonyl (C=O) groups is 2. The van der Waals surface area contributed by atoms with Crippen LogP contribution in [-0.4, -0.2) is 56.2 Å². The average Bonchev–Trinajstić information content (AvgIpc) is 3.36. The van der Waals surface area contributed by atoms with E-state index in [4.69, 9.17) is 0 Å². The molecule has 0 N–H and O–H groups in total. The van der Waals surface area contributed by atoms with Gasteiger partial charge < -0.3 is 9.80 Å². The minimum Gasteiger partial charge on any atom is -0.343 e. The lowest BCUT2D eigenvalue weighted by Gasteiger charge is -2.28. The predicted molar refractivity (Wildman–Crippen MR) is 95.3 cm³/mol. The van der Waals surface area contributed by atoms with Gasteiger partial charge >= 0.3 is 0 Å². The molecular formula is C19H22FN5O2. The molecule has 1 aromatic heterocycles. The van der Waals surface area contributed by atoms with Crippen LogP contribution < -0.4 is 0 Å². The number of benzene rings is 1. The first kappa shape index (κ1) is 17.6. The molecule has 0 atom stereocenters. The molecule has 1 fully saturated rings. The summed E-state index contributed by atoms with van der Waals surface area (Å²) in [5.41, 5.74) is 2.12. The molecule has 0 spiro atoms. The van der Waals surface area contributed by atoms with Crippen LogP contribution in [0.5, 0.6) is 0 Å². The third-order valence-electron chi connectivity index (χ3n) is 5.25. The van der Waals surface area contributed by atoms with E-state index < -0.39 is 0 Å². The molecule has 3 heterocycles. The van der Waals surface area contributed by atoms with Gasteiger partial charge in [-0.3, -0.25) is 9.59 Å². The second kappa shape index (κ2) is 7.46. The zero-order valence-electron chi connectivity index (χ0n) is 15.1. The average molecular weight is 371 g/mol. The smallest absolute Gasteiger partial charge is 0.254 e. The molecule has 0 aliphatic carbocycles. The fourth-order valence-corrected chi connectivity index (χ4v) is 3.69. The molecule has 0 radical (unpaired) electrons. The third-order valence-corrected chi connectivity index (χ3v) is 5.25. The molecule has 1 saturated heterocycles. The Morgan fingerprint density at radius 2 is 1.74 bits per heavy atom. The fourth-order valence-electron chi connectivity index (χ4n) is 3.69. The summed E-state index contributed by atoms with van der Waals surface area (Å²) in [6, 6.07) is 5.58. The molecule has 27 heavy (non-hydrogen) atoms. The zero-order chi connectivity index (χ0) is 18.8. The molecular weight excluding hydrogens is 349 g/mol. The van der Waals surface area contributed by atoms with Crippen molar-refractivity contribution in [2.45, 2.75) is 38.8 Å². The molecule has 0 bridgehead atoms. The second-order valence-electron chi connectivity index (χ2n) is 7.03. The Bertz CT molecular complexity index is 842. The van der Waals surface area contributed by atoms with Crippen molar-refractivity contribution in [1.29, 1.82) is 0 Å². The van der Waals surface area contributed by atoms with E-state index >= 15 is 0 Å². The highest BCUT2D eigenvalue weighted by atomic mass is 19.1. The van der Waals surface area contributed by atoms with Crippen LogP contribution in [0.2, 0.25) is 0 Å². The highest BCUT2D eigenvalue weighted by Crippen LogP contribution is 2.19. The van der Waals surface area contributed by atoms with Crippen molar-refractivity contribution in [2.75, 3.05) is 19.6 Å². The summed E-state index contributed by atoms with van der Waals surface area (Å²) in [5.74, 6) is -0.344. The van der Waals surface area contributed by atoms with E-state index in [1.54, 1.807) is 4.90 Å². The van der Waals surface area contributed by atoms with E-state index in [1.807, 2.05) is 9.58 Å². The summed E-state index contributed by atoms with van der Waals surface area (Å²) >= 11 is 0. The summed E-state index contributed by atoms with van der Waals surface area (Å²) in [5, 5.41) is 8.39. The Morgan fingerprint density at radius 3 is 2.48 bits per heavy atom. The summed E-state index contributed by atoms with van der Waals surface area (Å²) in [4.78, 5) is 28.6. The fraction of sp³-hybridized carbons (Fsp3) is 0.474. The van der Waals surface area contributed by atoms with Crippen LogP contribution in [0.1, 0.15) is 41.0 Å². The van der Waals surface area contributed by atoms with Crippen molar-refractivity contribution >= 4 is 11.8 Å². The first-order valence-electron chi connectivity index (χ1n) is 9.35. The molecule has 2 aromatic rings. The normalized spacial score (nSPS) is 16.5. The van der Waals surface area contributed by atoms with E-state index in [0.717, 1.165) is 37.3 Å². The first-order chi connectivity index (χ1) is 13.1. The van der Waals surface area contributed by atoms with Gasteiger partial charge in [-0.1, -0.05) is 5.21 Å². The number of halogens is 1. The molecule has 2 amide bonds. The molecule has 7 nitrogen and oxygen atoms in total. The predicted octanol–water partition coefficient (Wildman–Crippen LogP) is 1.63. The molecule has 1 aromatic carbocycles. The van der Waals surface area contributed by atoms with Gasteiger partial charge in [-0.25, -0.2) is 9.07 Å². The van der Waals surface area contributed by atoms with Crippen molar-refractivity contribution in [3.05, 3.63) is 47.0 Å². The van der Waals surface area contributed by atoms with Gasteiger partial charge in [0.05, 0.1) is 24.5 Å². The van der Waals surface area contributed by atoms with Gasteiger partial charge in [0, 0.05) is 38.0 Å². The molecule has 2 aliphatic heterocycles. The molecule has 142 valence electrons. The van der Waals surface area contributed by atoms with Crippen molar-refractivity contribution in [3.63, 3.8) is 0 Å². The van der Waals surface area contributed by atoms with Crippen LogP contribution in [0.15, 0.2) is 24.3 Å². The Labute approximate surface area is 156 Å². The second-order valence-corrected chi connectivity index (χ2v) is 7.03. The Balaban J connectivity index is 1.42. The standard InChI is InChI=1S/C19H22FN5O2/c20-15-5-3-14(4-6-15)19(27)24-11-12-25-17(13-24)16(21-22-25)7-8-18(26)23-9-1-2-10-23/h3-6H,1-2,7-13H2. The van der Waals surface area contributed by atoms with Crippen LogP contribution in [0.25, 0.3) is 0 Å². The highest BCUT2D eigenvalue weighted by molar-refractivity contribution is 5.94. The number of hydrogen-bond acceptors (Lipinski definition) is 4. The maximum Gasteiger partial charge on any atom is 0.254 e. The van der Waals surface area contributed by atoms with Crippen molar-refractivity contribution in [3.8, 4) is 0 Å². The monoisotopic (exact) mass is 371 g/mol. The Kier molecular flexibility index (Phi) is 4.87. The largest absolute Gasteiger partial charge is 0.343 e. The van der Waals surface area contributed by atoms with E-state index in [9.17, 15) is 14.0 Å². The van der Waals surface area contributed by atoms with Crippen LogP contribution in [0, 0.1) is 5.82 Å². The third kappa shape index (κ3) is 3.70. The number of rotatable bonds is 4. The Hall–Kier alpha value is -2.77. The van der Waals surface area contributed by atoms with E-state index in [-0.39, 0.29) is 17.6 Å². The van der Waals surface area contributed by atoms with Crippen molar-refractivity contribution < 1.29 is 14.0 Å². The highest BCUT2D eigenvalue weighted by Gasteiger charge is 2.26. The lowest BCUT2D eigenvalue weighted by atomic mass is 10.1. The number of fused-ring (bicyclic) bond motifs is 1. The number of nitrogens with zero attached hydrogens (tertiary/aromatic N) is 5. The summed E-state index contributed by atoms with van der Waals surface area (Å²) in [6.07, 6.45) is 3.10. The van der Waals surface area contributed by atoms with Crippen LogP contribution >= 0.6 is 0 Å². The van der Waals surface area contributed by atoms with E-state index in [1.165, 1.54) is 24.3 Å². The number of likely N-dealkylation sites (tertiary alicyclic amines) is 1. The minimum absolute atomic E-state index is 0.137. The summed E-state index contributed by atoms with van der Waals surface area (Å²) in [7, 11) is 0. The van der Waals surface area contributed by atoms with Gasteiger partial charge in [0.1, 0.15) is 5.82 Å². The first-order valence-corrected chi connectivity index (χ1v) is 9.35. The lowest BCUT2D eigenvalue weighted by Crippen LogP contribution is -2.38. The number of aryl methyl sites for hydroxylation is 1. The minimum atomic E-state index is -0.363. The van der Waals surface area contributed by atoms with Gasteiger partial charge in [0.15, 0.2) is 0 Å². The summed E-state index contributed by atoms with van der Waals surface area (Å²) < 4.78 is 14.9. The van der Waals surface area contributed by atoms with Gasteiger partial charge in [-0.05, 0) is 37.1 Å². The number of hydrogen-bond donors (Lipinski definition) is 0. The molecule has 8 heteroatoms. The van der Waals surface area contributed by atoms with Gasteiger partial charge in [-0.2, -0.15) is 0 Å². The summed E-state index contributed by atoms with van der Waals surface area (Å²) in [6.45, 7) is 3.18. The SMILES string of the molecule is O=C(CCc1nnn2c1CN(C(=O)c1ccc(F)cc1)CC2)N1CCCC1.